The number of carboxylic acids is 1. The summed E-state index contributed by atoms with van der Waals surface area (Å²) in [5.41, 5.74) is -0.948. The number of carbonyl (C=O) groups is 2. The molecule has 1 aromatic rings. The lowest BCUT2D eigenvalue weighted by Gasteiger charge is -2.34. The van der Waals surface area contributed by atoms with E-state index in [4.69, 9.17) is 5.11 Å². The van der Waals surface area contributed by atoms with Gasteiger partial charge in [-0.25, -0.2) is 0 Å². The highest BCUT2D eigenvalue weighted by Crippen LogP contribution is 2.14. The Balaban J connectivity index is 2.99. The van der Waals surface area contributed by atoms with E-state index in [9.17, 15) is 14.4 Å². The molecule has 1 rings (SSSR count). The van der Waals surface area contributed by atoms with Crippen molar-refractivity contribution in [2.45, 2.75) is 32.9 Å². The summed E-state index contributed by atoms with van der Waals surface area (Å²) in [6.45, 7) is 4.65. The molecule has 0 aliphatic rings. The van der Waals surface area contributed by atoms with Gasteiger partial charge < -0.3 is 14.6 Å². The van der Waals surface area contributed by atoms with Crippen molar-refractivity contribution in [3.8, 4) is 0 Å². The zero-order valence-electron chi connectivity index (χ0n) is 11.6. The van der Waals surface area contributed by atoms with Crippen LogP contribution in [0.4, 0.5) is 0 Å². The molecule has 110 valence electrons. The number of nitrogens with zero attached hydrogens (tertiary/aromatic N) is 2. The van der Waals surface area contributed by atoms with Crippen molar-refractivity contribution < 1.29 is 14.7 Å². The Bertz CT molecular complexity index is 574. The highest BCUT2D eigenvalue weighted by molar-refractivity contribution is 9.10. The number of aliphatic carboxylic acids is 1. The minimum absolute atomic E-state index is 0.192. The van der Waals surface area contributed by atoms with Crippen molar-refractivity contribution in [3.05, 3.63) is 33.2 Å². The van der Waals surface area contributed by atoms with Gasteiger partial charge in [-0.05, 0) is 42.8 Å². The fourth-order valence-electron chi connectivity index (χ4n) is 1.69. The minimum atomic E-state index is -1.09. The van der Waals surface area contributed by atoms with E-state index in [0.717, 1.165) is 0 Å². The third-order valence-electron chi connectivity index (χ3n) is 2.66. The largest absolute Gasteiger partial charge is 0.480 e. The van der Waals surface area contributed by atoms with Gasteiger partial charge >= 0.3 is 5.97 Å². The summed E-state index contributed by atoms with van der Waals surface area (Å²) in [5.74, 6) is -1.50. The first-order valence-corrected chi connectivity index (χ1v) is 6.79. The number of aromatic nitrogens is 1. The highest BCUT2D eigenvalue weighted by Gasteiger charge is 2.28. The van der Waals surface area contributed by atoms with Crippen LogP contribution in [0.25, 0.3) is 0 Å². The molecule has 0 aliphatic carbocycles. The van der Waals surface area contributed by atoms with Crippen molar-refractivity contribution in [1.29, 1.82) is 0 Å². The predicted molar refractivity (Wildman–Crippen MR) is 77.5 cm³/mol. The van der Waals surface area contributed by atoms with Crippen LogP contribution in [0.15, 0.2) is 27.6 Å². The average molecular weight is 345 g/mol. The molecule has 7 heteroatoms. The van der Waals surface area contributed by atoms with Crippen molar-refractivity contribution in [3.63, 3.8) is 0 Å². The number of pyridine rings is 1. The molecular formula is C13H17BrN2O4. The lowest BCUT2D eigenvalue weighted by molar-refractivity contribution is -0.148. The van der Waals surface area contributed by atoms with Crippen LogP contribution < -0.4 is 5.56 Å². The smallest absolute Gasteiger partial charge is 0.323 e. The van der Waals surface area contributed by atoms with E-state index in [1.807, 2.05) is 0 Å². The number of carbonyl (C=O) groups excluding carboxylic acids is 1. The summed E-state index contributed by atoms with van der Waals surface area (Å²) in [5, 5.41) is 8.89. The minimum Gasteiger partial charge on any atom is -0.480 e. The van der Waals surface area contributed by atoms with Gasteiger partial charge in [0.15, 0.2) is 0 Å². The van der Waals surface area contributed by atoms with E-state index in [-0.39, 0.29) is 12.1 Å². The van der Waals surface area contributed by atoms with Gasteiger partial charge in [-0.15, -0.1) is 0 Å². The van der Waals surface area contributed by atoms with Gasteiger partial charge in [0.25, 0.3) is 5.56 Å². The molecular weight excluding hydrogens is 328 g/mol. The van der Waals surface area contributed by atoms with E-state index in [0.29, 0.717) is 4.47 Å². The Kier molecular flexibility index (Phi) is 5.10. The maximum atomic E-state index is 12.2. The molecule has 6 nitrogen and oxygen atoms in total. The number of carboxylic acid groups (broad SMARTS) is 1. The predicted octanol–water partition coefficient (Wildman–Crippen LogP) is 1.32. The van der Waals surface area contributed by atoms with Crippen molar-refractivity contribution in [2.24, 2.45) is 0 Å². The van der Waals surface area contributed by atoms with Gasteiger partial charge in [-0.1, -0.05) is 0 Å². The second-order valence-electron chi connectivity index (χ2n) is 5.36. The molecule has 1 heterocycles. The fourth-order valence-corrected chi connectivity index (χ4v) is 2.07. The molecule has 0 saturated heterocycles. The van der Waals surface area contributed by atoms with E-state index in [2.05, 4.69) is 15.9 Å². The molecule has 0 atom stereocenters. The zero-order chi connectivity index (χ0) is 15.5. The second-order valence-corrected chi connectivity index (χ2v) is 6.27. The normalized spacial score (nSPS) is 11.2. The van der Waals surface area contributed by atoms with Crippen LogP contribution in [0.1, 0.15) is 20.8 Å². The van der Waals surface area contributed by atoms with Gasteiger partial charge in [0.1, 0.15) is 13.1 Å². The van der Waals surface area contributed by atoms with Gasteiger partial charge in [0.2, 0.25) is 5.91 Å². The Morgan fingerprint density at radius 3 is 2.45 bits per heavy atom. The molecule has 1 aromatic heterocycles. The third kappa shape index (κ3) is 4.48. The lowest BCUT2D eigenvalue weighted by Crippen LogP contribution is -2.50. The molecule has 0 unspecified atom stereocenters. The van der Waals surface area contributed by atoms with Crippen LogP contribution in [-0.2, 0) is 16.1 Å². The molecule has 20 heavy (non-hydrogen) atoms. The Labute approximate surface area is 125 Å². The Hall–Kier alpha value is -1.63. The first-order chi connectivity index (χ1) is 9.11. The summed E-state index contributed by atoms with van der Waals surface area (Å²) in [4.78, 5) is 36.0. The molecule has 0 aliphatic heterocycles. The number of hydrogen-bond acceptors (Lipinski definition) is 3. The maximum absolute atomic E-state index is 12.2. The molecule has 0 aromatic carbocycles. The Morgan fingerprint density at radius 1 is 1.35 bits per heavy atom. The van der Waals surface area contributed by atoms with Crippen LogP contribution in [0.3, 0.4) is 0 Å². The third-order valence-corrected chi connectivity index (χ3v) is 3.13. The van der Waals surface area contributed by atoms with Gasteiger partial charge in [0.05, 0.1) is 0 Å². The van der Waals surface area contributed by atoms with Gasteiger partial charge in [-0.3, -0.25) is 14.4 Å². The molecule has 1 amide bonds. The Morgan fingerprint density at radius 2 is 1.95 bits per heavy atom. The van der Waals surface area contributed by atoms with Crippen LogP contribution in [0.5, 0.6) is 0 Å². The number of amides is 1. The SMILES string of the molecule is CC(C)(C)N(CC(=O)O)C(=O)Cn1cc(Br)ccc1=O. The van der Waals surface area contributed by atoms with Crippen LogP contribution in [-0.4, -0.2) is 38.5 Å². The first kappa shape index (κ1) is 16.4. The van der Waals surface area contributed by atoms with E-state index in [1.165, 1.54) is 21.7 Å². The monoisotopic (exact) mass is 344 g/mol. The topological polar surface area (TPSA) is 79.6 Å². The highest BCUT2D eigenvalue weighted by atomic mass is 79.9. The average Bonchev–Trinajstić information content (AvgIpc) is 2.29. The molecule has 0 bridgehead atoms. The van der Waals surface area contributed by atoms with Crippen molar-refractivity contribution >= 4 is 27.8 Å². The van der Waals surface area contributed by atoms with Crippen molar-refractivity contribution in [1.82, 2.24) is 9.47 Å². The summed E-state index contributed by atoms with van der Waals surface area (Å²) in [6, 6.07) is 2.93. The van der Waals surface area contributed by atoms with Crippen LogP contribution in [0, 0.1) is 0 Å². The lowest BCUT2D eigenvalue weighted by atomic mass is 10.1. The van der Waals surface area contributed by atoms with Gasteiger partial charge in [-0.2, -0.15) is 0 Å². The zero-order valence-corrected chi connectivity index (χ0v) is 13.2. The standard InChI is InChI=1S/C13H17BrN2O4/c1-13(2,3)16(8-12(19)20)11(18)7-15-6-9(14)4-5-10(15)17/h4-6H,7-8H2,1-3H3,(H,19,20). The second kappa shape index (κ2) is 6.21. The number of rotatable bonds is 4. The summed E-state index contributed by atoms with van der Waals surface area (Å²) < 4.78 is 1.91. The van der Waals surface area contributed by atoms with E-state index < -0.39 is 24.0 Å². The number of hydrogen-bond donors (Lipinski definition) is 1. The van der Waals surface area contributed by atoms with Crippen LogP contribution in [0.2, 0.25) is 0 Å². The molecule has 1 N–H and O–H groups in total. The maximum Gasteiger partial charge on any atom is 0.323 e. The molecule has 0 radical (unpaired) electrons. The summed E-state index contributed by atoms with van der Waals surface area (Å²) in [7, 11) is 0. The van der Waals surface area contributed by atoms with E-state index >= 15 is 0 Å². The van der Waals surface area contributed by atoms with Crippen molar-refractivity contribution in [2.75, 3.05) is 6.54 Å². The molecule has 0 fully saturated rings. The summed E-state index contributed by atoms with van der Waals surface area (Å²) in [6.07, 6.45) is 1.50. The molecule has 0 saturated carbocycles. The quantitative estimate of drug-likeness (QED) is 0.893. The molecule has 0 spiro atoms. The van der Waals surface area contributed by atoms with E-state index in [1.54, 1.807) is 26.8 Å². The fraction of sp³-hybridized carbons (Fsp3) is 0.462. The summed E-state index contributed by atoms with van der Waals surface area (Å²) >= 11 is 3.22. The number of halogens is 1. The van der Waals surface area contributed by atoms with Gasteiger partial charge in [0, 0.05) is 22.3 Å². The van der Waals surface area contributed by atoms with Crippen LogP contribution >= 0.6 is 15.9 Å². The first-order valence-electron chi connectivity index (χ1n) is 5.99.